The van der Waals surface area contributed by atoms with E-state index in [2.05, 4.69) is 5.32 Å². The molecule has 3 aromatic rings. The van der Waals surface area contributed by atoms with Crippen LogP contribution in [0.5, 0.6) is 0 Å². The Kier molecular flexibility index (Phi) is 9.69. The van der Waals surface area contributed by atoms with Gasteiger partial charge in [0, 0.05) is 36.2 Å². The van der Waals surface area contributed by atoms with Crippen LogP contribution in [0.1, 0.15) is 30.4 Å². The van der Waals surface area contributed by atoms with Crippen molar-refractivity contribution in [2.75, 3.05) is 19.6 Å². The van der Waals surface area contributed by atoms with E-state index in [1.807, 2.05) is 0 Å². The minimum Gasteiger partial charge on any atom is -0.351 e. The third-order valence-corrected chi connectivity index (χ3v) is 10.7. The zero-order valence-corrected chi connectivity index (χ0v) is 24.2. The van der Waals surface area contributed by atoms with E-state index >= 15 is 0 Å². The average Bonchev–Trinajstić information content (AvgIpc) is 2.94. The van der Waals surface area contributed by atoms with Crippen LogP contribution in [0, 0.1) is 0 Å². The maximum Gasteiger partial charge on any atom is 0.243 e. The quantitative estimate of drug-likeness (QED) is 0.359. The van der Waals surface area contributed by atoms with Crippen LogP contribution in [0.2, 0.25) is 10.0 Å². The molecule has 0 radical (unpaired) electrons. The Hall–Kier alpha value is -2.47. The Morgan fingerprint density at radius 1 is 0.846 bits per heavy atom. The molecule has 0 bridgehead atoms. The molecule has 1 amide bonds. The first-order valence-corrected chi connectivity index (χ1v) is 16.1. The molecule has 3 aromatic carbocycles. The zero-order chi connectivity index (χ0) is 28.0. The summed E-state index contributed by atoms with van der Waals surface area (Å²) in [5.74, 6) is -0.524. The fraction of sp³-hybridized carbons (Fsp3) is 0.296. The summed E-state index contributed by atoms with van der Waals surface area (Å²) >= 11 is 12.3. The van der Waals surface area contributed by atoms with Crippen molar-refractivity contribution in [1.82, 2.24) is 13.9 Å². The highest BCUT2D eigenvalue weighted by atomic mass is 35.5. The highest BCUT2D eigenvalue weighted by Gasteiger charge is 2.28. The van der Waals surface area contributed by atoms with Gasteiger partial charge in [0.25, 0.3) is 0 Å². The van der Waals surface area contributed by atoms with Gasteiger partial charge in [0.05, 0.1) is 16.3 Å². The number of sulfonamides is 2. The van der Waals surface area contributed by atoms with Gasteiger partial charge in [-0.25, -0.2) is 16.8 Å². The summed E-state index contributed by atoms with van der Waals surface area (Å²) in [6.07, 6.45) is 2.73. The molecular weight excluding hydrogens is 581 g/mol. The number of carbonyl (C=O) groups excluding carboxylic acids is 1. The maximum atomic E-state index is 13.4. The summed E-state index contributed by atoms with van der Waals surface area (Å²) in [6, 6.07) is 18.9. The maximum absolute atomic E-state index is 13.4. The molecule has 1 aliphatic heterocycles. The first-order valence-electron chi connectivity index (χ1n) is 12.4. The van der Waals surface area contributed by atoms with Gasteiger partial charge in [0.15, 0.2) is 0 Å². The largest absolute Gasteiger partial charge is 0.351 e. The first kappa shape index (κ1) is 29.5. The summed E-state index contributed by atoms with van der Waals surface area (Å²) in [5.41, 5.74) is 1.18. The fourth-order valence-corrected chi connectivity index (χ4v) is 7.64. The second-order valence-corrected chi connectivity index (χ2v) is 13.9. The molecule has 1 aliphatic rings. The van der Waals surface area contributed by atoms with E-state index in [4.69, 9.17) is 23.2 Å². The monoisotopic (exact) mass is 609 g/mol. The molecule has 0 saturated carbocycles. The number of benzene rings is 3. The van der Waals surface area contributed by atoms with Crippen LogP contribution in [-0.2, 0) is 37.9 Å². The van der Waals surface area contributed by atoms with Gasteiger partial charge in [-0.2, -0.15) is 8.61 Å². The lowest BCUT2D eigenvalue weighted by molar-refractivity contribution is -0.121. The van der Waals surface area contributed by atoms with Crippen LogP contribution in [-0.4, -0.2) is 51.0 Å². The molecule has 1 fully saturated rings. The van der Waals surface area contributed by atoms with Gasteiger partial charge in [-0.1, -0.05) is 66.0 Å². The molecule has 8 nitrogen and oxygen atoms in total. The predicted molar refractivity (Wildman–Crippen MR) is 151 cm³/mol. The minimum atomic E-state index is -4.03. The number of hydrogen-bond donors (Lipinski definition) is 1. The number of hydrogen-bond acceptors (Lipinski definition) is 5. The van der Waals surface area contributed by atoms with Gasteiger partial charge < -0.3 is 5.32 Å². The third kappa shape index (κ3) is 7.39. The zero-order valence-electron chi connectivity index (χ0n) is 21.1. The van der Waals surface area contributed by atoms with E-state index < -0.39 is 32.5 Å². The highest BCUT2D eigenvalue weighted by Crippen LogP contribution is 2.25. The van der Waals surface area contributed by atoms with Crippen LogP contribution in [0.3, 0.4) is 0 Å². The van der Waals surface area contributed by atoms with Crippen molar-refractivity contribution in [3.05, 3.63) is 94.0 Å². The first-order chi connectivity index (χ1) is 18.6. The number of halogens is 2. The number of piperidine rings is 1. The van der Waals surface area contributed by atoms with Gasteiger partial charge in [-0.15, -0.1) is 0 Å². The normalized spacial score (nSPS) is 14.8. The molecule has 0 aliphatic carbocycles. The second kappa shape index (κ2) is 12.8. The summed E-state index contributed by atoms with van der Waals surface area (Å²) in [5, 5.41) is 3.42. The molecule has 1 saturated heterocycles. The lowest BCUT2D eigenvalue weighted by atomic mass is 10.2. The van der Waals surface area contributed by atoms with Crippen LogP contribution in [0.15, 0.2) is 82.6 Å². The van der Waals surface area contributed by atoms with Crippen molar-refractivity contribution in [2.24, 2.45) is 0 Å². The van der Waals surface area contributed by atoms with E-state index in [9.17, 15) is 21.6 Å². The summed E-state index contributed by atoms with van der Waals surface area (Å²) in [7, 11) is -7.58. The predicted octanol–water partition coefficient (Wildman–Crippen LogP) is 4.68. The lowest BCUT2D eigenvalue weighted by Crippen LogP contribution is -2.40. The standard InChI is InChI=1S/C27H29Cl2N3O5S2/c28-23-12-11-22(26(29)17-23)19-32(39(36,37)24-7-3-1-4-8-24)20-27(33)30-18-21-9-13-25(14-10-21)38(34,35)31-15-5-2-6-16-31/h1,3-4,7-14,17H,2,5-6,15-16,18-20H2,(H,30,33). The Bertz CT molecular complexity index is 1510. The smallest absolute Gasteiger partial charge is 0.243 e. The van der Waals surface area contributed by atoms with E-state index in [1.165, 1.54) is 34.6 Å². The van der Waals surface area contributed by atoms with Crippen molar-refractivity contribution < 1.29 is 21.6 Å². The Morgan fingerprint density at radius 2 is 1.51 bits per heavy atom. The summed E-state index contributed by atoms with van der Waals surface area (Å²) in [6.45, 7) is 0.554. The summed E-state index contributed by atoms with van der Waals surface area (Å²) < 4.78 is 55.1. The van der Waals surface area contributed by atoms with Crippen LogP contribution in [0.25, 0.3) is 0 Å². The molecular formula is C27H29Cl2N3O5S2. The van der Waals surface area contributed by atoms with E-state index in [1.54, 1.807) is 42.5 Å². The second-order valence-electron chi connectivity index (χ2n) is 9.21. The number of rotatable bonds is 10. The van der Waals surface area contributed by atoms with E-state index in [0.29, 0.717) is 29.2 Å². The number of amides is 1. The average molecular weight is 611 g/mol. The van der Waals surface area contributed by atoms with Crippen molar-refractivity contribution in [3.63, 3.8) is 0 Å². The van der Waals surface area contributed by atoms with Crippen molar-refractivity contribution in [3.8, 4) is 0 Å². The van der Waals surface area contributed by atoms with E-state index in [0.717, 1.165) is 23.6 Å². The Balaban J connectivity index is 1.45. The van der Waals surface area contributed by atoms with E-state index in [-0.39, 0.29) is 27.9 Å². The Labute approximate surface area is 239 Å². The molecule has 208 valence electrons. The molecule has 0 unspecified atom stereocenters. The van der Waals surface area contributed by atoms with Gasteiger partial charge in [0.1, 0.15) is 0 Å². The highest BCUT2D eigenvalue weighted by molar-refractivity contribution is 7.89. The number of carbonyl (C=O) groups is 1. The lowest BCUT2D eigenvalue weighted by Gasteiger charge is -2.25. The Morgan fingerprint density at radius 3 is 2.15 bits per heavy atom. The SMILES string of the molecule is O=C(CN(Cc1ccc(Cl)cc1Cl)S(=O)(=O)c1ccccc1)NCc1ccc(S(=O)(=O)N2CCCCC2)cc1. The van der Waals surface area contributed by atoms with Crippen molar-refractivity contribution in [2.45, 2.75) is 42.1 Å². The molecule has 12 heteroatoms. The third-order valence-electron chi connectivity index (χ3n) is 6.43. The van der Waals surface area contributed by atoms with Gasteiger partial charge >= 0.3 is 0 Å². The van der Waals surface area contributed by atoms with Crippen LogP contribution >= 0.6 is 23.2 Å². The van der Waals surface area contributed by atoms with Crippen LogP contribution < -0.4 is 5.32 Å². The van der Waals surface area contributed by atoms with Crippen molar-refractivity contribution >= 4 is 49.2 Å². The molecule has 0 spiro atoms. The molecule has 39 heavy (non-hydrogen) atoms. The van der Waals surface area contributed by atoms with Crippen LogP contribution in [0.4, 0.5) is 0 Å². The molecule has 1 N–H and O–H groups in total. The molecule has 4 rings (SSSR count). The van der Waals surface area contributed by atoms with Crippen molar-refractivity contribution in [1.29, 1.82) is 0 Å². The van der Waals surface area contributed by atoms with Gasteiger partial charge in [-0.3, -0.25) is 4.79 Å². The number of nitrogens with one attached hydrogen (secondary N) is 1. The van der Waals surface area contributed by atoms with Gasteiger partial charge in [0.2, 0.25) is 26.0 Å². The number of nitrogens with zero attached hydrogens (tertiary/aromatic N) is 2. The minimum absolute atomic E-state index is 0.0494. The molecule has 1 heterocycles. The topological polar surface area (TPSA) is 104 Å². The summed E-state index contributed by atoms with van der Waals surface area (Å²) in [4.78, 5) is 13.2. The fourth-order valence-electron chi connectivity index (χ4n) is 4.26. The molecule has 0 atom stereocenters. The van der Waals surface area contributed by atoms with Gasteiger partial charge in [-0.05, 0) is 60.4 Å². The molecule has 0 aromatic heterocycles.